The van der Waals surface area contributed by atoms with Gasteiger partial charge in [0.05, 0.1) is 19.9 Å². The van der Waals surface area contributed by atoms with Gasteiger partial charge in [-0.1, -0.05) is 0 Å². The smallest absolute Gasteiger partial charge is 0.305 e. The number of hydrogen-bond donors (Lipinski definition) is 2. The van der Waals surface area contributed by atoms with Crippen LogP contribution < -0.4 is 20.7 Å². The topological polar surface area (TPSA) is 86.2 Å². The number of hydrogen-bond acceptors (Lipinski definition) is 5. The molecule has 0 fully saturated rings. The van der Waals surface area contributed by atoms with Crippen molar-refractivity contribution in [2.75, 3.05) is 20.0 Å². The first-order valence-corrected chi connectivity index (χ1v) is 5.28. The average Bonchev–Trinajstić information content (AvgIpc) is 2.39. The van der Waals surface area contributed by atoms with Crippen molar-refractivity contribution in [1.82, 2.24) is 9.55 Å². The zero-order chi connectivity index (χ0) is 13.1. The fourth-order valence-corrected chi connectivity index (χ4v) is 1.58. The van der Waals surface area contributed by atoms with Gasteiger partial charge in [-0.3, -0.25) is 5.41 Å². The molecule has 0 aliphatic carbocycles. The molecule has 1 aromatic heterocycles. The van der Waals surface area contributed by atoms with Crippen molar-refractivity contribution in [1.29, 1.82) is 5.41 Å². The molecular weight excluding hydrogens is 232 g/mol. The Balaban J connectivity index is 2.63. The van der Waals surface area contributed by atoms with Gasteiger partial charge in [0.25, 0.3) is 0 Å². The number of nitrogen functional groups attached to an aromatic ring is 1. The van der Waals surface area contributed by atoms with E-state index in [0.717, 1.165) is 5.69 Å². The third-order valence-electron chi connectivity index (χ3n) is 2.44. The highest BCUT2D eigenvalue weighted by molar-refractivity contribution is 5.46. The van der Waals surface area contributed by atoms with Gasteiger partial charge in [0.2, 0.25) is 5.88 Å². The molecule has 0 saturated heterocycles. The second kappa shape index (κ2) is 4.79. The van der Waals surface area contributed by atoms with Crippen molar-refractivity contribution in [2.24, 2.45) is 0 Å². The Bertz CT molecular complexity index is 604. The molecule has 6 heteroatoms. The molecule has 0 spiro atoms. The predicted octanol–water partition coefficient (Wildman–Crippen LogP) is 0.951. The first-order valence-electron chi connectivity index (χ1n) is 5.28. The van der Waals surface area contributed by atoms with Crippen LogP contribution in [0.15, 0.2) is 30.3 Å². The van der Waals surface area contributed by atoms with E-state index in [1.165, 1.54) is 20.3 Å². The van der Waals surface area contributed by atoms with Crippen LogP contribution in [0.1, 0.15) is 0 Å². The normalized spacial score (nSPS) is 10.1. The molecule has 0 bridgehead atoms. The molecule has 2 rings (SSSR count). The number of aromatic nitrogens is 2. The minimum atomic E-state index is 0.212. The molecule has 1 heterocycles. The number of methoxy groups -OCH3 is 2. The van der Waals surface area contributed by atoms with E-state index in [2.05, 4.69) is 4.98 Å². The lowest BCUT2D eigenvalue weighted by atomic mass is 10.3. The number of nitrogens with zero attached hydrogens (tertiary/aromatic N) is 2. The maximum Gasteiger partial charge on any atom is 0.305 e. The van der Waals surface area contributed by atoms with Crippen LogP contribution in [0.5, 0.6) is 11.9 Å². The molecule has 94 valence electrons. The van der Waals surface area contributed by atoms with Gasteiger partial charge in [-0.15, -0.1) is 0 Å². The fourth-order valence-electron chi connectivity index (χ4n) is 1.58. The Labute approximate surface area is 104 Å². The molecule has 0 aliphatic heterocycles. The third-order valence-corrected chi connectivity index (χ3v) is 2.44. The second-order valence-electron chi connectivity index (χ2n) is 3.60. The largest absolute Gasteiger partial charge is 0.481 e. The zero-order valence-corrected chi connectivity index (χ0v) is 10.2. The molecule has 0 saturated carbocycles. The number of rotatable bonds is 3. The summed E-state index contributed by atoms with van der Waals surface area (Å²) in [7, 11) is 2.99. The summed E-state index contributed by atoms with van der Waals surface area (Å²) in [6.07, 6.45) is 0. The maximum atomic E-state index is 7.98. The van der Waals surface area contributed by atoms with Crippen LogP contribution in [-0.4, -0.2) is 23.8 Å². The summed E-state index contributed by atoms with van der Waals surface area (Å²) in [5.74, 6) is 0.337. The number of ether oxygens (including phenoxy) is 2. The molecule has 1 aromatic carbocycles. The van der Waals surface area contributed by atoms with Crippen LogP contribution in [0.2, 0.25) is 0 Å². The summed E-state index contributed by atoms with van der Waals surface area (Å²) in [5.41, 5.74) is 7.26. The quantitative estimate of drug-likeness (QED) is 0.789. The first kappa shape index (κ1) is 12.0. The Kier molecular flexibility index (Phi) is 3.18. The number of nitrogens with two attached hydrogens (primary N) is 1. The fraction of sp³-hybridized carbons (Fsp3) is 0.167. The maximum absolute atomic E-state index is 7.98. The minimum Gasteiger partial charge on any atom is -0.481 e. The van der Waals surface area contributed by atoms with E-state index in [1.54, 1.807) is 28.8 Å². The summed E-state index contributed by atoms with van der Waals surface area (Å²) in [5, 5.41) is 7.98. The van der Waals surface area contributed by atoms with Gasteiger partial charge < -0.3 is 15.2 Å². The number of benzene rings is 1. The zero-order valence-electron chi connectivity index (χ0n) is 10.2. The lowest BCUT2D eigenvalue weighted by Crippen LogP contribution is -2.21. The lowest BCUT2D eigenvalue weighted by Gasteiger charge is -2.12. The van der Waals surface area contributed by atoms with Crippen LogP contribution in [0, 0.1) is 5.41 Å². The van der Waals surface area contributed by atoms with Crippen molar-refractivity contribution >= 4 is 5.69 Å². The first-order chi connectivity index (χ1) is 8.65. The summed E-state index contributed by atoms with van der Waals surface area (Å²) in [6, 6.07) is 8.90. The summed E-state index contributed by atoms with van der Waals surface area (Å²) < 4.78 is 11.7. The van der Waals surface area contributed by atoms with E-state index in [9.17, 15) is 0 Å². The molecule has 3 N–H and O–H groups in total. The molecule has 0 radical (unpaired) electrons. The van der Waals surface area contributed by atoms with E-state index in [4.69, 9.17) is 20.6 Å². The van der Waals surface area contributed by atoms with Gasteiger partial charge in [0, 0.05) is 11.8 Å². The van der Waals surface area contributed by atoms with Crippen molar-refractivity contribution in [3.05, 3.63) is 35.8 Å². The van der Waals surface area contributed by atoms with E-state index in [1.807, 2.05) is 0 Å². The van der Waals surface area contributed by atoms with E-state index in [0.29, 0.717) is 11.6 Å². The molecule has 6 nitrogen and oxygen atoms in total. The molecule has 0 atom stereocenters. The monoisotopic (exact) mass is 246 g/mol. The highest BCUT2D eigenvalue weighted by Gasteiger charge is 2.09. The van der Waals surface area contributed by atoms with E-state index in [-0.39, 0.29) is 11.5 Å². The van der Waals surface area contributed by atoms with Crippen molar-refractivity contribution < 1.29 is 9.47 Å². The van der Waals surface area contributed by atoms with Gasteiger partial charge in [-0.2, -0.15) is 4.98 Å². The summed E-state index contributed by atoms with van der Waals surface area (Å²) >= 11 is 0. The van der Waals surface area contributed by atoms with Crippen LogP contribution in [0.25, 0.3) is 5.69 Å². The van der Waals surface area contributed by atoms with Crippen LogP contribution in [-0.2, 0) is 0 Å². The Morgan fingerprint density at radius 2 is 1.83 bits per heavy atom. The van der Waals surface area contributed by atoms with Crippen molar-refractivity contribution in [2.45, 2.75) is 0 Å². The molecule has 2 aromatic rings. The van der Waals surface area contributed by atoms with Gasteiger partial charge in [0.1, 0.15) is 5.49 Å². The molecular formula is C12H14N4O2. The van der Waals surface area contributed by atoms with E-state index >= 15 is 0 Å². The van der Waals surface area contributed by atoms with Crippen molar-refractivity contribution in [3.8, 4) is 17.6 Å². The highest BCUT2D eigenvalue weighted by Crippen LogP contribution is 2.17. The molecule has 0 unspecified atom stereocenters. The summed E-state index contributed by atoms with van der Waals surface area (Å²) in [4.78, 5) is 4.14. The lowest BCUT2D eigenvalue weighted by molar-refractivity contribution is 0.339. The van der Waals surface area contributed by atoms with E-state index < -0.39 is 0 Å². The van der Waals surface area contributed by atoms with Gasteiger partial charge in [0.15, 0.2) is 0 Å². The van der Waals surface area contributed by atoms with Crippen LogP contribution in [0.4, 0.5) is 5.69 Å². The second-order valence-corrected chi connectivity index (χ2v) is 3.60. The van der Waals surface area contributed by atoms with Gasteiger partial charge >= 0.3 is 6.01 Å². The van der Waals surface area contributed by atoms with Crippen LogP contribution in [0.3, 0.4) is 0 Å². The Hall–Kier alpha value is -2.50. The standard InChI is InChI=1S/C12H14N4O2/c1-17-11-7-10(14)16(12(15-11)18-2)9-5-3-8(13)4-6-9/h3-7,14H,13H2,1-2H3. The highest BCUT2D eigenvalue weighted by atomic mass is 16.5. The molecule has 0 aliphatic rings. The van der Waals surface area contributed by atoms with Gasteiger partial charge in [-0.05, 0) is 24.3 Å². The third kappa shape index (κ3) is 2.13. The Morgan fingerprint density at radius 3 is 2.39 bits per heavy atom. The summed E-state index contributed by atoms with van der Waals surface area (Å²) in [6.45, 7) is 0. The predicted molar refractivity (Wildman–Crippen MR) is 66.9 cm³/mol. The van der Waals surface area contributed by atoms with Crippen LogP contribution >= 0.6 is 0 Å². The van der Waals surface area contributed by atoms with Crippen molar-refractivity contribution in [3.63, 3.8) is 0 Å². The number of anilines is 1. The van der Waals surface area contributed by atoms with Gasteiger partial charge in [-0.25, -0.2) is 4.57 Å². The molecule has 0 amide bonds. The number of nitrogens with one attached hydrogen (secondary N) is 1. The Morgan fingerprint density at radius 1 is 1.17 bits per heavy atom. The molecule has 18 heavy (non-hydrogen) atoms. The SMILES string of the molecule is COc1cc(=N)n(-c2ccc(N)cc2)c(OC)n1. The average molecular weight is 246 g/mol. The minimum absolute atomic E-state index is 0.212.